The first kappa shape index (κ1) is 29.8. The minimum absolute atomic E-state index is 0.134. The highest BCUT2D eigenvalue weighted by Crippen LogP contribution is 2.30. The maximum atomic E-state index is 13.2. The number of carbonyl (C=O) groups is 1. The number of nitrogens with one attached hydrogen (secondary N) is 1. The van der Waals surface area contributed by atoms with Gasteiger partial charge in [0.05, 0.1) is 10.6 Å². The molecule has 5 rings (SSSR count). The Balaban J connectivity index is 1.35. The van der Waals surface area contributed by atoms with Crippen LogP contribution in [0.4, 0.5) is 11.4 Å². The number of rotatable bonds is 11. The number of hydrogen-bond acceptors (Lipinski definition) is 7. The number of amides is 1. The highest BCUT2D eigenvalue weighted by Gasteiger charge is 2.24. The lowest BCUT2D eigenvalue weighted by Gasteiger charge is -2.28. The van der Waals surface area contributed by atoms with Gasteiger partial charge < -0.3 is 10.2 Å². The number of anilines is 2. The standard InChI is InChI=1S/C31H36N6O3S2/c1-3-36(4-2)42(39,40)28-15-11-12-24(22-28)30-33-34-31(37(30)27-13-7-5-8-14-27)41-23-29(38)32-25-16-18-26(19-17-25)35-20-9-6-10-21-35/h5,7-8,11-19,22H,3-4,6,9-10,20-21,23H2,1-2H3,(H,32,38). The van der Waals surface area contributed by atoms with Gasteiger partial charge in [-0.3, -0.25) is 9.36 Å². The predicted molar refractivity (Wildman–Crippen MR) is 169 cm³/mol. The number of sulfonamides is 1. The van der Waals surface area contributed by atoms with Crippen molar-refractivity contribution in [2.24, 2.45) is 0 Å². The minimum atomic E-state index is -3.65. The fourth-order valence-corrected chi connectivity index (χ4v) is 7.36. The molecule has 42 heavy (non-hydrogen) atoms. The van der Waals surface area contributed by atoms with Crippen LogP contribution in [0.15, 0.2) is 88.9 Å². The molecule has 2 heterocycles. The van der Waals surface area contributed by atoms with Crippen LogP contribution in [0.1, 0.15) is 33.1 Å². The zero-order valence-corrected chi connectivity index (χ0v) is 25.6. The number of thioether (sulfide) groups is 1. The molecule has 1 N–H and O–H groups in total. The van der Waals surface area contributed by atoms with Gasteiger partial charge in [-0.2, -0.15) is 4.31 Å². The van der Waals surface area contributed by atoms with Crippen molar-refractivity contribution in [3.05, 3.63) is 78.9 Å². The number of piperidine rings is 1. The minimum Gasteiger partial charge on any atom is -0.372 e. The van der Waals surface area contributed by atoms with Crippen LogP contribution in [0.5, 0.6) is 0 Å². The van der Waals surface area contributed by atoms with Crippen LogP contribution in [0.25, 0.3) is 17.1 Å². The second-order valence-electron chi connectivity index (χ2n) is 10.0. The van der Waals surface area contributed by atoms with Gasteiger partial charge in [-0.25, -0.2) is 8.42 Å². The number of nitrogens with zero attached hydrogens (tertiary/aromatic N) is 5. The topological polar surface area (TPSA) is 100 Å². The van der Waals surface area contributed by atoms with Gasteiger partial charge in [0, 0.05) is 48.8 Å². The van der Waals surface area contributed by atoms with E-state index in [1.807, 2.05) is 66.9 Å². The van der Waals surface area contributed by atoms with Gasteiger partial charge in [0.25, 0.3) is 0 Å². The molecule has 1 aromatic heterocycles. The summed E-state index contributed by atoms with van der Waals surface area (Å²) in [6, 6.07) is 24.4. The average Bonchev–Trinajstić information content (AvgIpc) is 3.46. The third kappa shape index (κ3) is 6.69. The number of para-hydroxylation sites is 1. The van der Waals surface area contributed by atoms with E-state index in [1.165, 1.54) is 41.0 Å². The lowest BCUT2D eigenvalue weighted by Crippen LogP contribution is -2.30. The van der Waals surface area contributed by atoms with Crippen molar-refractivity contribution in [3.8, 4) is 17.1 Å². The third-order valence-electron chi connectivity index (χ3n) is 7.29. The quantitative estimate of drug-likeness (QED) is 0.220. The lowest BCUT2D eigenvalue weighted by molar-refractivity contribution is -0.113. The molecule has 1 fully saturated rings. The summed E-state index contributed by atoms with van der Waals surface area (Å²) in [4.78, 5) is 15.5. The van der Waals surface area contributed by atoms with E-state index in [-0.39, 0.29) is 16.6 Å². The largest absolute Gasteiger partial charge is 0.372 e. The van der Waals surface area contributed by atoms with Crippen LogP contribution < -0.4 is 10.2 Å². The molecule has 1 saturated heterocycles. The van der Waals surface area contributed by atoms with Crippen molar-refractivity contribution in [2.45, 2.75) is 43.2 Å². The molecule has 0 bridgehead atoms. The van der Waals surface area contributed by atoms with Crippen molar-refractivity contribution in [3.63, 3.8) is 0 Å². The monoisotopic (exact) mass is 604 g/mol. The molecule has 11 heteroatoms. The van der Waals surface area contributed by atoms with E-state index in [0.29, 0.717) is 29.6 Å². The fraction of sp³-hybridized carbons (Fsp3) is 0.323. The molecule has 0 spiro atoms. The lowest BCUT2D eigenvalue weighted by atomic mass is 10.1. The van der Waals surface area contributed by atoms with Crippen LogP contribution in [0, 0.1) is 0 Å². The average molecular weight is 605 g/mol. The molecular formula is C31H36N6O3S2. The molecule has 0 unspecified atom stereocenters. The Labute approximate surface area is 252 Å². The molecule has 0 aliphatic carbocycles. The van der Waals surface area contributed by atoms with Crippen LogP contribution in [-0.4, -0.2) is 65.3 Å². The number of hydrogen-bond donors (Lipinski definition) is 1. The first-order valence-corrected chi connectivity index (χ1v) is 16.7. The third-order valence-corrected chi connectivity index (χ3v) is 10.3. The Morgan fingerprint density at radius 3 is 2.29 bits per heavy atom. The van der Waals surface area contributed by atoms with E-state index in [1.54, 1.807) is 18.2 Å². The Morgan fingerprint density at radius 2 is 1.60 bits per heavy atom. The molecule has 1 aliphatic heterocycles. The van der Waals surface area contributed by atoms with E-state index in [4.69, 9.17) is 0 Å². The van der Waals surface area contributed by atoms with Crippen LogP contribution in [0.2, 0.25) is 0 Å². The van der Waals surface area contributed by atoms with Crippen LogP contribution in [0.3, 0.4) is 0 Å². The number of benzene rings is 3. The Morgan fingerprint density at radius 1 is 0.881 bits per heavy atom. The zero-order valence-electron chi connectivity index (χ0n) is 23.9. The van der Waals surface area contributed by atoms with Gasteiger partial charge in [-0.05, 0) is 67.8 Å². The van der Waals surface area contributed by atoms with Crippen molar-refractivity contribution >= 4 is 39.1 Å². The summed E-state index contributed by atoms with van der Waals surface area (Å²) in [5, 5.41) is 12.3. The summed E-state index contributed by atoms with van der Waals surface area (Å²) in [6.45, 7) is 6.55. The SMILES string of the molecule is CCN(CC)S(=O)(=O)c1cccc(-c2nnc(SCC(=O)Nc3ccc(N4CCCCC4)cc3)n2-c2ccccc2)c1. The van der Waals surface area contributed by atoms with E-state index >= 15 is 0 Å². The highest BCUT2D eigenvalue weighted by atomic mass is 32.2. The smallest absolute Gasteiger partial charge is 0.243 e. The Kier molecular flexibility index (Phi) is 9.61. The molecule has 220 valence electrons. The van der Waals surface area contributed by atoms with Gasteiger partial charge in [-0.1, -0.05) is 55.9 Å². The van der Waals surface area contributed by atoms with Crippen LogP contribution in [-0.2, 0) is 14.8 Å². The van der Waals surface area contributed by atoms with E-state index < -0.39 is 10.0 Å². The van der Waals surface area contributed by atoms with Crippen molar-refractivity contribution in [2.75, 3.05) is 42.1 Å². The Hall–Kier alpha value is -3.67. The molecule has 0 atom stereocenters. The van der Waals surface area contributed by atoms with Gasteiger partial charge in [0.2, 0.25) is 15.9 Å². The fourth-order valence-electron chi connectivity index (χ4n) is 5.10. The van der Waals surface area contributed by atoms with Crippen molar-refractivity contribution in [1.82, 2.24) is 19.1 Å². The highest BCUT2D eigenvalue weighted by molar-refractivity contribution is 7.99. The molecule has 4 aromatic rings. The number of carbonyl (C=O) groups excluding carboxylic acids is 1. The predicted octanol–water partition coefficient (Wildman–Crippen LogP) is 5.69. The van der Waals surface area contributed by atoms with E-state index in [0.717, 1.165) is 24.5 Å². The van der Waals surface area contributed by atoms with Gasteiger partial charge in [-0.15, -0.1) is 10.2 Å². The first-order valence-electron chi connectivity index (χ1n) is 14.3. The zero-order chi connectivity index (χ0) is 29.5. The molecule has 9 nitrogen and oxygen atoms in total. The van der Waals surface area contributed by atoms with Gasteiger partial charge >= 0.3 is 0 Å². The molecule has 3 aromatic carbocycles. The van der Waals surface area contributed by atoms with Gasteiger partial charge in [0.15, 0.2) is 11.0 Å². The van der Waals surface area contributed by atoms with Crippen molar-refractivity contribution < 1.29 is 13.2 Å². The summed E-state index contributed by atoms with van der Waals surface area (Å²) in [5.41, 5.74) is 3.35. The second-order valence-corrected chi connectivity index (χ2v) is 12.9. The summed E-state index contributed by atoms with van der Waals surface area (Å²) >= 11 is 1.28. The molecule has 0 saturated carbocycles. The summed E-state index contributed by atoms with van der Waals surface area (Å²) in [7, 11) is -3.65. The van der Waals surface area contributed by atoms with E-state index in [2.05, 4.69) is 32.5 Å². The maximum Gasteiger partial charge on any atom is 0.243 e. The second kappa shape index (κ2) is 13.5. The maximum absolute atomic E-state index is 13.2. The number of aromatic nitrogens is 3. The summed E-state index contributed by atoms with van der Waals surface area (Å²) in [6.07, 6.45) is 3.71. The summed E-state index contributed by atoms with van der Waals surface area (Å²) in [5.74, 6) is 0.478. The molecule has 1 aliphatic rings. The van der Waals surface area contributed by atoms with Crippen LogP contribution >= 0.6 is 11.8 Å². The van der Waals surface area contributed by atoms with Gasteiger partial charge in [0.1, 0.15) is 0 Å². The molecule has 1 amide bonds. The van der Waals surface area contributed by atoms with E-state index in [9.17, 15) is 13.2 Å². The van der Waals surface area contributed by atoms with Crippen molar-refractivity contribution in [1.29, 1.82) is 0 Å². The molecule has 0 radical (unpaired) electrons. The molecular weight excluding hydrogens is 569 g/mol. The summed E-state index contributed by atoms with van der Waals surface area (Å²) < 4.78 is 29.7. The Bertz CT molecular complexity index is 1600. The normalized spacial score (nSPS) is 13.8. The first-order chi connectivity index (χ1) is 20.4.